The van der Waals surface area contributed by atoms with E-state index >= 15 is 0 Å². The van der Waals surface area contributed by atoms with Crippen molar-refractivity contribution in [1.29, 1.82) is 0 Å². The maximum absolute atomic E-state index is 12.4. The lowest BCUT2D eigenvalue weighted by Gasteiger charge is -2.20. The second-order valence-corrected chi connectivity index (χ2v) is 7.60. The average Bonchev–Trinajstić information content (AvgIpc) is 2.86. The van der Waals surface area contributed by atoms with Gasteiger partial charge in [-0.2, -0.15) is 0 Å². The lowest BCUT2D eigenvalue weighted by atomic mass is 9.92. The molecule has 0 radical (unpaired) electrons. The molecule has 2 heterocycles. The highest BCUT2D eigenvalue weighted by Crippen LogP contribution is 2.27. The smallest absolute Gasteiger partial charge is 0.232 e. The van der Waals surface area contributed by atoms with Crippen LogP contribution >= 0.6 is 11.8 Å². The van der Waals surface area contributed by atoms with Crippen molar-refractivity contribution in [2.45, 2.75) is 25.5 Å². The molecule has 1 aromatic rings. The number of carbonyl (C=O) groups excluding carboxylic acids is 1. The second-order valence-electron chi connectivity index (χ2n) is 6.62. The predicted octanol–water partition coefficient (Wildman–Crippen LogP) is 2.69. The SMILES string of the molecule is Cc1cccc(CSCC(=O)N2CC[C@@H]3CNC[C@@H]3CC2)c1. The van der Waals surface area contributed by atoms with Crippen molar-refractivity contribution in [1.82, 2.24) is 10.2 Å². The molecule has 2 aliphatic rings. The molecule has 1 aromatic carbocycles. The number of fused-ring (bicyclic) bond motifs is 1. The van der Waals surface area contributed by atoms with E-state index in [-0.39, 0.29) is 0 Å². The molecule has 2 atom stereocenters. The van der Waals surface area contributed by atoms with E-state index in [1.165, 1.54) is 24.0 Å². The van der Waals surface area contributed by atoms with E-state index in [1.54, 1.807) is 11.8 Å². The Hall–Kier alpha value is -1.00. The Kier molecular flexibility index (Phi) is 5.42. The lowest BCUT2D eigenvalue weighted by Crippen LogP contribution is -2.34. The number of rotatable bonds is 4. The normalized spacial score (nSPS) is 24.9. The van der Waals surface area contributed by atoms with Gasteiger partial charge in [0, 0.05) is 18.8 Å². The van der Waals surface area contributed by atoms with Crippen LogP contribution in [0.1, 0.15) is 24.0 Å². The zero-order valence-corrected chi connectivity index (χ0v) is 14.2. The first-order valence-electron chi connectivity index (χ1n) is 8.34. The van der Waals surface area contributed by atoms with Crippen molar-refractivity contribution in [2.24, 2.45) is 11.8 Å². The summed E-state index contributed by atoms with van der Waals surface area (Å²) in [6.07, 6.45) is 2.35. The van der Waals surface area contributed by atoms with Gasteiger partial charge in [-0.1, -0.05) is 29.8 Å². The van der Waals surface area contributed by atoms with Crippen LogP contribution < -0.4 is 5.32 Å². The van der Waals surface area contributed by atoms with Gasteiger partial charge >= 0.3 is 0 Å². The Morgan fingerprint density at radius 2 is 2.00 bits per heavy atom. The molecule has 4 heteroatoms. The third-order valence-electron chi connectivity index (χ3n) is 4.95. The molecule has 0 unspecified atom stereocenters. The summed E-state index contributed by atoms with van der Waals surface area (Å²) in [6, 6.07) is 8.55. The molecule has 1 N–H and O–H groups in total. The summed E-state index contributed by atoms with van der Waals surface area (Å²) in [7, 11) is 0. The van der Waals surface area contributed by atoms with Crippen molar-refractivity contribution in [2.75, 3.05) is 31.9 Å². The van der Waals surface area contributed by atoms with Gasteiger partial charge < -0.3 is 10.2 Å². The quantitative estimate of drug-likeness (QED) is 0.926. The summed E-state index contributed by atoms with van der Waals surface area (Å²) in [5.74, 6) is 3.44. The minimum absolute atomic E-state index is 0.325. The molecule has 2 saturated heterocycles. The maximum atomic E-state index is 12.4. The van der Waals surface area contributed by atoms with Crippen molar-refractivity contribution >= 4 is 17.7 Å². The fourth-order valence-corrected chi connectivity index (χ4v) is 4.49. The molecule has 0 saturated carbocycles. The van der Waals surface area contributed by atoms with Gasteiger partial charge in [-0.15, -0.1) is 11.8 Å². The zero-order chi connectivity index (χ0) is 15.4. The summed E-state index contributed by atoms with van der Waals surface area (Å²) in [5, 5.41) is 3.49. The molecule has 3 nitrogen and oxygen atoms in total. The number of hydrogen-bond donors (Lipinski definition) is 1. The standard InChI is InChI=1S/C18H26N2OS/c1-14-3-2-4-15(9-14)12-22-13-18(21)20-7-5-16-10-19-11-17(16)6-8-20/h2-4,9,16-17,19H,5-8,10-13H2,1H3/t16-,17+. The van der Waals surface area contributed by atoms with Gasteiger partial charge in [-0.05, 0) is 50.3 Å². The first-order valence-corrected chi connectivity index (χ1v) is 9.49. The number of likely N-dealkylation sites (tertiary alicyclic amines) is 1. The molecule has 2 aliphatic heterocycles. The molecule has 22 heavy (non-hydrogen) atoms. The van der Waals surface area contributed by atoms with E-state index < -0.39 is 0 Å². The minimum atomic E-state index is 0.325. The Morgan fingerprint density at radius 1 is 1.27 bits per heavy atom. The molecule has 120 valence electrons. The Balaban J connectivity index is 1.44. The second kappa shape index (κ2) is 7.51. The number of thioether (sulfide) groups is 1. The number of aryl methyl sites for hydroxylation is 1. The third kappa shape index (κ3) is 4.05. The molecule has 2 fully saturated rings. The van der Waals surface area contributed by atoms with Gasteiger partial charge in [0.15, 0.2) is 0 Å². The number of benzene rings is 1. The largest absolute Gasteiger partial charge is 0.342 e. The summed E-state index contributed by atoms with van der Waals surface area (Å²) < 4.78 is 0. The summed E-state index contributed by atoms with van der Waals surface area (Å²) >= 11 is 1.74. The Bertz CT molecular complexity index is 506. The van der Waals surface area contributed by atoms with Crippen molar-refractivity contribution in [3.63, 3.8) is 0 Å². The Labute approximate surface area is 137 Å². The first kappa shape index (κ1) is 15.9. The van der Waals surface area contributed by atoms with Gasteiger partial charge in [0.2, 0.25) is 5.91 Å². The Morgan fingerprint density at radius 3 is 2.68 bits per heavy atom. The predicted molar refractivity (Wildman–Crippen MR) is 93.0 cm³/mol. The lowest BCUT2D eigenvalue weighted by molar-refractivity contribution is -0.128. The summed E-state index contributed by atoms with van der Waals surface area (Å²) in [5.41, 5.74) is 2.60. The van der Waals surface area contributed by atoms with Gasteiger partial charge in [-0.3, -0.25) is 4.79 Å². The van der Waals surface area contributed by atoms with Gasteiger partial charge in [-0.25, -0.2) is 0 Å². The minimum Gasteiger partial charge on any atom is -0.342 e. The molecule has 0 aliphatic carbocycles. The number of carbonyl (C=O) groups is 1. The van der Waals surface area contributed by atoms with E-state index in [0.29, 0.717) is 11.7 Å². The fourth-order valence-electron chi connectivity index (χ4n) is 3.62. The summed E-state index contributed by atoms with van der Waals surface area (Å²) in [6.45, 7) is 6.31. The summed E-state index contributed by atoms with van der Waals surface area (Å²) in [4.78, 5) is 14.5. The number of hydrogen-bond acceptors (Lipinski definition) is 3. The topological polar surface area (TPSA) is 32.3 Å². The van der Waals surface area contributed by atoms with Crippen LogP contribution in [0.2, 0.25) is 0 Å². The highest BCUT2D eigenvalue weighted by molar-refractivity contribution is 7.99. The van der Waals surface area contributed by atoms with Crippen molar-refractivity contribution < 1.29 is 4.79 Å². The van der Waals surface area contributed by atoms with E-state index in [2.05, 4.69) is 41.4 Å². The molecular weight excluding hydrogens is 292 g/mol. The highest BCUT2D eigenvalue weighted by Gasteiger charge is 2.31. The molecule has 0 aromatic heterocycles. The van der Waals surface area contributed by atoms with Crippen LogP contribution in [0, 0.1) is 18.8 Å². The van der Waals surface area contributed by atoms with Crippen molar-refractivity contribution in [3.8, 4) is 0 Å². The van der Waals surface area contributed by atoms with Crippen LogP contribution in [-0.4, -0.2) is 42.7 Å². The van der Waals surface area contributed by atoms with Gasteiger partial charge in [0.05, 0.1) is 5.75 Å². The monoisotopic (exact) mass is 318 g/mol. The van der Waals surface area contributed by atoms with E-state index in [1.807, 2.05) is 0 Å². The van der Waals surface area contributed by atoms with Gasteiger partial charge in [0.25, 0.3) is 0 Å². The average molecular weight is 318 g/mol. The van der Waals surface area contributed by atoms with Crippen LogP contribution in [0.5, 0.6) is 0 Å². The molecule has 1 amide bonds. The molecule has 0 bridgehead atoms. The number of nitrogens with one attached hydrogen (secondary N) is 1. The molecule has 0 spiro atoms. The van der Waals surface area contributed by atoms with Crippen LogP contribution in [0.4, 0.5) is 0 Å². The number of nitrogens with zero attached hydrogens (tertiary/aromatic N) is 1. The zero-order valence-electron chi connectivity index (χ0n) is 13.4. The third-order valence-corrected chi connectivity index (χ3v) is 5.94. The molecule has 3 rings (SSSR count). The highest BCUT2D eigenvalue weighted by atomic mass is 32.2. The first-order chi connectivity index (χ1) is 10.7. The van der Waals surface area contributed by atoms with Gasteiger partial charge in [0.1, 0.15) is 0 Å². The molecular formula is C18H26N2OS. The van der Waals surface area contributed by atoms with Crippen LogP contribution in [-0.2, 0) is 10.5 Å². The van der Waals surface area contributed by atoms with E-state index in [4.69, 9.17) is 0 Å². The number of amides is 1. The van der Waals surface area contributed by atoms with Crippen LogP contribution in [0.3, 0.4) is 0 Å². The van der Waals surface area contributed by atoms with E-state index in [0.717, 1.165) is 43.8 Å². The van der Waals surface area contributed by atoms with Crippen molar-refractivity contribution in [3.05, 3.63) is 35.4 Å². The van der Waals surface area contributed by atoms with E-state index in [9.17, 15) is 4.79 Å². The van der Waals surface area contributed by atoms with Crippen LogP contribution in [0.15, 0.2) is 24.3 Å². The fraction of sp³-hybridized carbons (Fsp3) is 0.611. The maximum Gasteiger partial charge on any atom is 0.232 e. The van der Waals surface area contributed by atoms with Crippen LogP contribution in [0.25, 0.3) is 0 Å².